The highest BCUT2D eigenvalue weighted by molar-refractivity contribution is 5.39. The molecule has 0 fully saturated rings. The van der Waals surface area contributed by atoms with Gasteiger partial charge in [0.15, 0.2) is 0 Å². The van der Waals surface area contributed by atoms with Gasteiger partial charge in [-0.2, -0.15) is 5.26 Å². The molecule has 1 heterocycles. The number of nitriles is 1. The Morgan fingerprint density at radius 2 is 1.89 bits per heavy atom. The van der Waals surface area contributed by atoms with E-state index in [1.165, 1.54) is 18.3 Å². The van der Waals surface area contributed by atoms with E-state index < -0.39 is 11.6 Å². The second-order valence-corrected chi connectivity index (χ2v) is 3.68. The normalized spacial score (nSPS) is 9.83. The number of aromatic nitrogens is 1. The third-order valence-electron chi connectivity index (χ3n) is 2.29. The molecule has 0 saturated carbocycles. The number of rotatable bonds is 3. The summed E-state index contributed by atoms with van der Waals surface area (Å²) in [4.78, 5) is 3.99. The van der Waals surface area contributed by atoms with E-state index in [-0.39, 0.29) is 6.54 Å². The minimum atomic E-state index is -0.611. The topological polar surface area (TPSA) is 48.7 Å². The number of anilines is 1. The first-order valence-electron chi connectivity index (χ1n) is 5.22. The van der Waals surface area contributed by atoms with Crippen LogP contribution in [-0.2, 0) is 6.54 Å². The molecule has 0 aliphatic heterocycles. The molecule has 0 saturated heterocycles. The molecule has 1 N–H and O–H groups in total. The van der Waals surface area contributed by atoms with Crippen molar-refractivity contribution >= 4 is 5.82 Å². The van der Waals surface area contributed by atoms with Crippen LogP contribution in [0.5, 0.6) is 0 Å². The molecule has 2 rings (SSSR count). The van der Waals surface area contributed by atoms with Crippen LogP contribution in [0, 0.1) is 23.0 Å². The highest BCUT2D eigenvalue weighted by Crippen LogP contribution is 2.10. The lowest BCUT2D eigenvalue weighted by atomic mass is 10.2. The van der Waals surface area contributed by atoms with Gasteiger partial charge in [-0.1, -0.05) is 0 Å². The van der Waals surface area contributed by atoms with Gasteiger partial charge in [-0.05, 0) is 29.8 Å². The van der Waals surface area contributed by atoms with Crippen LogP contribution in [0.25, 0.3) is 0 Å². The van der Waals surface area contributed by atoms with Crippen LogP contribution in [-0.4, -0.2) is 4.98 Å². The van der Waals surface area contributed by atoms with E-state index in [2.05, 4.69) is 10.3 Å². The van der Waals surface area contributed by atoms with Crippen molar-refractivity contribution in [3.63, 3.8) is 0 Å². The molecule has 1 aromatic carbocycles. The summed E-state index contributed by atoms with van der Waals surface area (Å²) in [5, 5.41) is 11.5. The molecule has 0 amide bonds. The van der Waals surface area contributed by atoms with E-state index in [1.54, 1.807) is 12.1 Å². The molecule has 0 unspecified atom stereocenters. The molecule has 0 spiro atoms. The number of halogens is 2. The molecular weight excluding hydrogens is 236 g/mol. The van der Waals surface area contributed by atoms with Crippen molar-refractivity contribution in [2.75, 3.05) is 5.32 Å². The number of pyridine rings is 1. The first kappa shape index (κ1) is 12.0. The lowest BCUT2D eigenvalue weighted by molar-refractivity contribution is 0.580. The van der Waals surface area contributed by atoms with Crippen molar-refractivity contribution in [1.29, 1.82) is 5.26 Å². The number of benzene rings is 1. The zero-order valence-electron chi connectivity index (χ0n) is 9.32. The molecule has 90 valence electrons. The van der Waals surface area contributed by atoms with Crippen molar-refractivity contribution in [2.45, 2.75) is 6.54 Å². The fourth-order valence-corrected chi connectivity index (χ4v) is 1.47. The summed E-state index contributed by atoms with van der Waals surface area (Å²) in [5.74, 6) is -0.683. The SMILES string of the molecule is N#Cc1ccc(NCc2cc(F)cc(F)c2)nc1. The summed E-state index contributed by atoms with van der Waals surface area (Å²) in [6, 6.07) is 8.52. The summed E-state index contributed by atoms with van der Waals surface area (Å²) in [6.07, 6.45) is 1.43. The summed E-state index contributed by atoms with van der Waals surface area (Å²) in [5.41, 5.74) is 0.941. The quantitative estimate of drug-likeness (QED) is 0.904. The fourth-order valence-electron chi connectivity index (χ4n) is 1.47. The van der Waals surface area contributed by atoms with E-state index in [1.807, 2.05) is 6.07 Å². The molecular formula is C13H9F2N3. The Bertz CT molecular complexity index is 568. The van der Waals surface area contributed by atoms with Gasteiger partial charge in [0.05, 0.1) is 5.56 Å². The molecule has 0 aliphatic carbocycles. The summed E-state index contributed by atoms with van der Waals surface area (Å²) >= 11 is 0. The van der Waals surface area contributed by atoms with E-state index in [0.29, 0.717) is 16.9 Å². The second-order valence-electron chi connectivity index (χ2n) is 3.68. The highest BCUT2D eigenvalue weighted by atomic mass is 19.1. The molecule has 0 radical (unpaired) electrons. The molecule has 18 heavy (non-hydrogen) atoms. The average molecular weight is 245 g/mol. The zero-order chi connectivity index (χ0) is 13.0. The standard InChI is InChI=1S/C13H9F2N3/c14-11-3-10(4-12(15)5-11)8-18-13-2-1-9(6-16)7-17-13/h1-5,7H,8H2,(H,17,18). The Labute approximate surface area is 103 Å². The van der Waals surface area contributed by atoms with Crippen LogP contribution in [0.4, 0.5) is 14.6 Å². The maximum absolute atomic E-state index is 12.9. The number of hydrogen-bond donors (Lipinski definition) is 1. The van der Waals surface area contributed by atoms with Crippen molar-refractivity contribution in [1.82, 2.24) is 4.98 Å². The molecule has 2 aromatic rings. The minimum Gasteiger partial charge on any atom is -0.366 e. The van der Waals surface area contributed by atoms with Gasteiger partial charge >= 0.3 is 0 Å². The van der Waals surface area contributed by atoms with E-state index in [9.17, 15) is 8.78 Å². The first-order valence-corrected chi connectivity index (χ1v) is 5.22. The smallest absolute Gasteiger partial charge is 0.126 e. The van der Waals surface area contributed by atoms with Gasteiger partial charge in [-0.25, -0.2) is 13.8 Å². The van der Waals surface area contributed by atoms with Crippen molar-refractivity contribution < 1.29 is 8.78 Å². The predicted octanol–water partition coefficient (Wildman–Crippen LogP) is 2.84. The van der Waals surface area contributed by atoms with Crippen LogP contribution in [0.3, 0.4) is 0 Å². The van der Waals surface area contributed by atoms with Crippen molar-refractivity contribution in [3.05, 3.63) is 59.3 Å². The molecule has 0 bridgehead atoms. The average Bonchev–Trinajstić information content (AvgIpc) is 2.36. The molecule has 5 heteroatoms. The van der Waals surface area contributed by atoms with Crippen LogP contribution in [0.15, 0.2) is 36.5 Å². The Morgan fingerprint density at radius 3 is 2.44 bits per heavy atom. The van der Waals surface area contributed by atoms with Gasteiger partial charge in [0.2, 0.25) is 0 Å². The van der Waals surface area contributed by atoms with Gasteiger partial charge in [-0.3, -0.25) is 0 Å². The maximum atomic E-state index is 12.9. The highest BCUT2D eigenvalue weighted by Gasteiger charge is 2.01. The third kappa shape index (κ3) is 3.01. The molecule has 3 nitrogen and oxygen atoms in total. The number of hydrogen-bond acceptors (Lipinski definition) is 3. The minimum absolute atomic E-state index is 0.258. The lowest BCUT2D eigenvalue weighted by Crippen LogP contribution is -2.02. The lowest BCUT2D eigenvalue weighted by Gasteiger charge is -2.05. The fraction of sp³-hybridized carbons (Fsp3) is 0.0769. The van der Waals surface area contributed by atoms with Crippen LogP contribution < -0.4 is 5.32 Å². The number of nitrogens with zero attached hydrogens (tertiary/aromatic N) is 2. The van der Waals surface area contributed by atoms with Crippen LogP contribution in [0.2, 0.25) is 0 Å². The van der Waals surface area contributed by atoms with Crippen LogP contribution in [0.1, 0.15) is 11.1 Å². The largest absolute Gasteiger partial charge is 0.366 e. The predicted molar refractivity (Wildman–Crippen MR) is 62.6 cm³/mol. The Kier molecular flexibility index (Phi) is 3.49. The summed E-state index contributed by atoms with van der Waals surface area (Å²) in [7, 11) is 0. The molecule has 0 aliphatic rings. The van der Waals surface area contributed by atoms with Crippen molar-refractivity contribution in [2.24, 2.45) is 0 Å². The van der Waals surface area contributed by atoms with E-state index in [4.69, 9.17) is 5.26 Å². The second kappa shape index (κ2) is 5.23. The Morgan fingerprint density at radius 1 is 1.17 bits per heavy atom. The van der Waals surface area contributed by atoms with Gasteiger partial charge in [0, 0.05) is 18.8 Å². The van der Waals surface area contributed by atoms with E-state index in [0.717, 1.165) is 6.07 Å². The Balaban J connectivity index is 2.04. The first-order chi connectivity index (χ1) is 8.67. The molecule has 1 aromatic heterocycles. The Hall–Kier alpha value is -2.48. The zero-order valence-corrected chi connectivity index (χ0v) is 9.32. The monoisotopic (exact) mass is 245 g/mol. The maximum Gasteiger partial charge on any atom is 0.126 e. The number of nitrogens with one attached hydrogen (secondary N) is 1. The van der Waals surface area contributed by atoms with Crippen molar-refractivity contribution in [3.8, 4) is 6.07 Å². The summed E-state index contributed by atoms with van der Waals surface area (Å²) < 4.78 is 25.9. The van der Waals surface area contributed by atoms with Gasteiger partial charge in [-0.15, -0.1) is 0 Å². The van der Waals surface area contributed by atoms with Gasteiger partial charge < -0.3 is 5.32 Å². The van der Waals surface area contributed by atoms with Gasteiger partial charge in [0.25, 0.3) is 0 Å². The molecule has 0 atom stereocenters. The van der Waals surface area contributed by atoms with Gasteiger partial charge in [0.1, 0.15) is 23.5 Å². The van der Waals surface area contributed by atoms with Crippen LogP contribution >= 0.6 is 0 Å². The van der Waals surface area contributed by atoms with E-state index >= 15 is 0 Å². The third-order valence-corrected chi connectivity index (χ3v) is 2.29. The summed E-state index contributed by atoms with van der Waals surface area (Å²) in [6.45, 7) is 0.258.